The molecule has 1 aromatic heterocycles. The van der Waals surface area contributed by atoms with Gasteiger partial charge in [-0.05, 0) is 22.6 Å². The number of rotatable bonds is 0. The van der Waals surface area contributed by atoms with Gasteiger partial charge in [0.25, 0.3) is 0 Å². The van der Waals surface area contributed by atoms with Gasteiger partial charge in [-0.2, -0.15) is 0 Å². The lowest BCUT2D eigenvalue weighted by Crippen LogP contribution is -1.96. The number of nitrogens with two attached hydrogens (primary N) is 1. The molecule has 0 saturated carbocycles. The van der Waals surface area contributed by atoms with Gasteiger partial charge in [-0.3, -0.25) is 0 Å². The minimum Gasteiger partial charge on any atom is -0.381 e. The van der Waals surface area contributed by atoms with Crippen molar-refractivity contribution in [2.75, 3.05) is 5.73 Å². The molecule has 1 rings (SSSR count). The van der Waals surface area contributed by atoms with Crippen molar-refractivity contribution in [1.82, 2.24) is 4.98 Å². The number of nitrogen functional groups attached to an aromatic ring is 1. The molecule has 10 heavy (non-hydrogen) atoms. The van der Waals surface area contributed by atoms with E-state index < -0.39 is 5.82 Å². The Morgan fingerprint density at radius 3 is 2.80 bits per heavy atom. The Kier molecular flexibility index (Phi) is 2.30. The predicted molar refractivity (Wildman–Crippen MR) is 46.3 cm³/mol. The summed E-state index contributed by atoms with van der Waals surface area (Å²) in [6.07, 6.45) is 1.32. The Hall–Kier alpha value is -0.100. The molecule has 0 atom stereocenters. The summed E-state index contributed by atoms with van der Waals surface area (Å²) in [6.45, 7) is 0. The SMILES string of the molecule is Nc1ncc(Cl)c(I)c1F. The number of aromatic nitrogens is 1. The lowest BCUT2D eigenvalue weighted by atomic mass is 10.4. The normalized spacial score (nSPS) is 9.90. The van der Waals surface area contributed by atoms with Crippen molar-refractivity contribution in [2.45, 2.75) is 0 Å². The van der Waals surface area contributed by atoms with Gasteiger partial charge < -0.3 is 5.73 Å². The van der Waals surface area contributed by atoms with E-state index in [0.29, 0.717) is 3.57 Å². The Morgan fingerprint density at radius 1 is 1.70 bits per heavy atom. The van der Waals surface area contributed by atoms with Gasteiger partial charge in [-0.1, -0.05) is 11.6 Å². The van der Waals surface area contributed by atoms with Crippen LogP contribution in [-0.2, 0) is 0 Å². The van der Waals surface area contributed by atoms with E-state index in [1.165, 1.54) is 6.20 Å². The number of pyridine rings is 1. The summed E-state index contributed by atoms with van der Waals surface area (Å²) in [5.74, 6) is -0.665. The van der Waals surface area contributed by atoms with Crippen LogP contribution in [0, 0.1) is 9.39 Å². The third kappa shape index (κ3) is 1.32. The van der Waals surface area contributed by atoms with Crippen LogP contribution in [0.4, 0.5) is 10.2 Å². The second kappa shape index (κ2) is 2.87. The molecule has 0 unspecified atom stereocenters. The lowest BCUT2D eigenvalue weighted by Gasteiger charge is -1.98. The molecule has 5 heteroatoms. The third-order valence-electron chi connectivity index (χ3n) is 0.944. The van der Waals surface area contributed by atoms with Gasteiger partial charge in [0.1, 0.15) is 0 Å². The number of halogens is 3. The zero-order chi connectivity index (χ0) is 7.72. The molecule has 0 saturated heterocycles. The molecule has 2 N–H and O–H groups in total. The molecule has 1 aromatic rings. The largest absolute Gasteiger partial charge is 0.381 e. The maximum Gasteiger partial charge on any atom is 0.180 e. The third-order valence-corrected chi connectivity index (χ3v) is 2.60. The van der Waals surface area contributed by atoms with Crippen LogP contribution in [0.5, 0.6) is 0 Å². The van der Waals surface area contributed by atoms with Gasteiger partial charge in [0.05, 0.1) is 8.59 Å². The molecule has 1 heterocycles. The number of hydrogen-bond donors (Lipinski definition) is 1. The Morgan fingerprint density at radius 2 is 2.30 bits per heavy atom. The molecular formula is C5H3ClFIN2. The molecule has 0 amide bonds. The van der Waals surface area contributed by atoms with Gasteiger partial charge in [-0.25, -0.2) is 9.37 Å². The highest BCUT2D eigenvalue weighted by molar-refractivity contribution is 14.1. The van der Waals surface area contributed by atoms with Crippen molar-refractivity contribution >= 4 is 40.0 Å². The standard InChI is InChI=1S/C5H3ClFIN2/c6-2-1-10-5(9)3(7)4(2)8/h1H,(H2,9,10). The van der Waals surface area contributed by atoms with Gasteiger partial charge in [0, 0.05) is 6.20 Å². The first-order valence-corrected chi connectivity index (χ1v) is 3.83. The quantitative estimate of drug-likeness (QED) is 0.734. The van der Waals surface area contributed by atoms with Crippen LogP contribution in [0.25, 0.3) is 0 Å². The van der Waals surface area contributed by atoms with Crippen LogP contribution in [0.1, 0.15) is 0 Å². The van der Waals surface area contributed by atoms with Gasteiger partial charge in [0.2, 0.25) is 0 Å². The van der Waals surface area contributed by atoms with Crippen molar-refractivity contribution in [3.05, 3.63) is 20.6 Å². The predicted octanol–water partition coefficient (Wildman–Crippen LogP) is 2.06. The van der Waals surface area contributed by atoms with Gasteiger partial charge in [-0.15, -0.1) is 0 Å². The zero-order valence-corrected chi connectivity index (χ0v) is 7.65. The Balaban J connectivity index is 3.34. The summed E-state index contributed by atoms with van der Waals surface area (Å²) in [4.78, 5) is 3.51. The van der Waals surface area contributed by atoms with E-state index in [9.17, 15) is 4.39 Å². The maximum atomic E-state index is 12.7. The fraction of sp³-hybridized carbons (Fsp3) is 0. The van der Waals surface area contributed by atoms with E-state index in [1.54, 1.807) is 22.6 Å². The first-order chi connectivity index (χ1) is 4.63. The first-order valence-electron chi connectivity index (χ1n) is 2.38. The number of hydrogen-bond acceptors (Lipinski definition) is 2. The average molecular weight is 272 g/mol. The molecule has 0 spiro atoms. The molecule has 2 nitrogen and oxygen atoms in total. The second-order valence-corrected chi connectivity index (χ2v) is 3.11. The van der Waals surface area contributed by atoms with E-state index in [1.807, 2.05) is 0 Å². The van der Waals surface area contributed by atoms with Crippen molar-refractivity contribution in [3.63, 3.8) is 0 Å². The van der Waals surface area contributed by atoms with Crippen LogP contribution in [0.3, 0.4) is 0 Å². The average Bonchev–Trinajstić information content (AvgIpc) is 1.93. The lowest BCUT2D eigenvalue weighted by molar-refractivity contribution is 0.620. The van der Waals surface area contributed by atoms with Crippen molar-refractivity contribution in [1.29, 1.82) is 0 Å². The molecule has 0 fully saturated rings. The highest BCUT2D eigenvalue weighted by Gasteiger charge is 2.07. The summed E-state index contributed by atoms with van der Waals surface area (Å²) in [6, 6.07) is 0. The molecule has 0 radical (unpaired) electrons. The molecule has 0 aliphatic rings. The van der Waals surface area contributed by atoms with Crippen molar-refractivity contribution < 1.29 is 4.39 Å². The van der Waals surface area contributed by atoms with E-state index in [2.05, 4.69) is 4.98 Å². The fourth-order valence-corrected chi connectivity index (χ4v) is 1.00. The molecule has 54 valence electrons. The first kappa shape index (κ1) is 8.00. The van der Waals surface area contributed by atoms with Crippen LogP contribution < -0.4 is 5.73 Å². The topological polar surface area (TPSA) is 38.9 Å². The summed E-state index contributed by atoms with van der Waals surface area (Å²) in [5, 5.41) is 0.285. The summed E-state index contributed by atoms with van der Waals surface area (Å²) in [7, 11) is 0. The highest BCUT2D eigenvalue weighted by atomic mass is 127. The fourth-order valence-electron chi connectivity index (χ4n) is 0.457. The van der Waals surface area contributed by atoms with E-state index in [0.717, 1.165) is 0 Å². The Bertz CT molecular complexity index is 239. The van der Waals surface area contributed by atoms with Crippen LogP contribution >= 0.6 is 34.2 Å². The molecule has 0 aliphatic heterocycles. The highest BCUT2D eigenvalue weighted by Crippen LogP contribution is 2.22. The van der Waals surface area contributed by atoms with Crippen molar-refractivity contribution in [2.24, 2.45) is 0 Å². The smallest absolute Gasteiger partial charge is 0.180 e. The maximum absolute atomic E-state index is 12.7. The molecule has 0 aromatic carbocycles. The zero-order valence-electron chi connectivity index (χ0n) is 4.74. The van der Waals surface area contributed by atoms with Crippen molar-refractivity contribution in [3.8, 4) is 0 Å². The van der Waals surface area contributed by atoms with E-state index >= 15 is 0 Å². The number of nitrogens with zero attached hydrogens (tertiary/aromatic N) is 1. The minimum absolute atomic E-state index is 0.117. The monoisotopic (exact) mass is 272 g/mol. The van der Waals surface area contributed by atoms with E-state index in [4.69, 9.17) is 17.3 Å². The molecule has 0 aliphatic carbocycles. The van der Waals surface area contributed by atoms with Gasteiger partial charge >= 0.3 is 0 Å². The summed E-state index contributed by atoms with van der Waals surface area (Å²) >= 11 is 7.29. The second-order valence-electron chi connectivity index (χ2n) is 1.62. The molecule has 0 bridgehead atoms. The van der Waals surface area contributed by atoms with Gasteiger partial charge in [0.15, 0.2) is 11.6 Å². The Labute approximate surface area is 75.7 Å². The molecular weight excluding hydrogens is 269 g/mol. The van der Waals surface area contributed by atoms with E-state index in [-0.39, 0.29) is 10.8 Å². The summed E-state index contributed by atoms with van der Waals surface area (Å²) in [5.41, 5.74) is 5.14. The van der Waals surface area contributed by atoms with Crippen LogP contribution in [0.2, 0.25) is 5.02 Å². The number of anilines is 1. The van der Waals surface area contributed by atoms with Crippen LogP contribution in [0.15, 0.2) is 6.20 Å². The minimum atomic E-state index is -0.548. The summed E-state index contributed by atoms with van der Waals surface area (Å²) < 4.78 is 13.0. The van der Waals surface area contributed by atoms with Crippen LogP contribution in [-0.4, -0.2) is 4.98 Å².